The number of rotatable bonds is 41. The van der Waals surface area contributed by atoms with Gasteiger partial charge in [0.1, 0.15) is 18.9 Å². The van der Waals surface area contributed by atoms with Crippen LogP contribution in [0.4, 0.5) is 5.69 Å². The molecule has 16 nitrogen and oxygen atoms in total. The average Bonchev–Trinajstić information content (AvgIpc) is 0.777. The molecule has 12 aromatic rings. The number of anilines is 1. The highest BCUT2D eigenvalue weighted by Crippen LogP contribution is 2.46. The summed E-state index contributed by atoms with van der Waals surface area (Å²) in [5.41, 5.74) is 12.8. The van der Waals surface area contributed by atoms with Gasteiger partial charge in [-0.2, -0.15) is 0 Å². The molecule has 18 heteroatoms. The Morgan fingerprint density at radius 3 is 1.09 bits per heavy atom. The van der Waals surface area contributed by atoms with Crippen molar-refractivity contribution in [2.45, 2.75) is 318 Å². The number of benzene rings is 7. The summed E-state index contributed by atoms with van der Waals surface area (Å²) in [4.78, 5) is 46.1. The van der Waals surface area contributed by atoms with Crippen LogP contribution in [0.25, 0.3) is 54.5 Å². The number of aryl methyl sites for hydroxylation is 5. The smallest absolute Gasteiger partial charge is 0.250 e. The number of ether oxygens (including phenoxy) is 2. The minimum absolute atomic E-state index is 0.0349. The van der Waals surface area contributed by atoms with Gasteiger partial charge >= 0.3 is 0 Å². The summed E-state index contributed by atoms with van der Waals surface area (Å²) in [6.07, 6.45) is 33.9. The van der Waals surface area contributed by atoms with Gasteiger partial charge in [0.15, 0.2) is 40.2 Å². The van der Waals surface area contributed by atoms with Gasteiger partial charge in [-0.25, -0.2) is 15.0 Å². The molecule has 0 aliphatic heterocycles. The van der Waals surface area contributed by atoms with Crippen LogP contribution in [-0.4, -0.2) is 62.1 Å². The summed E-state index contributed by atoms with van der Waals surface area (Å²) in [7, 11) is -4.16. The lowest BCUT2D eigenvalue weighted by Crippen LogP contribution is -2.45. The predicted octanol–water partition coefficient (Wildman–Crippen LogP) is 29.2. The second kappa shape index (κ2) is 50.8. The summed E-state index contributed by atoms with van der Waals surface area (Å²) in [6, 6.07) is 59.0. The first-order valence-corrected chi connectivity index (χ1v) is 52.2. The Hall–Kier alpha value is -10.0. The summed E-state index contributed by atoms with van der Waals surface area (Å²) >= 11 is 0. The van der Waals surface area contributed by atoms with Crippen LogP contribution in [0, 0.1) is 0 Å². The molecular weight excluding hydrogens is 1570 g/mol. The Labute approximate surface area is 742 Å². The van der Waals surface area contributed by atoms with Gasteiger partial charge in [-0.3, -0.25) is 20.3 Å². The van der Waals surface area contributed by atoms with Crippen molar-refractivity contribution >= 4 is 76.8 Å². The first-order valence-electron chi connectivity index (χ1n) is 46.4. The molecule has 5 heterocycles. The van der Waals surface area contributed by atoms with Crippen molar-refractivity contribution in [2.75, 3.05) is 5.48 Å². The molecule has 0 bridgehead atoms. The summed E-state index contributed by atoms with van der Waals surface area (Å²) in [5.74, 6) is 2.95. The molecule has 0 fully saturated rings. The SMILES string of the molecule is CCCCCCCc1[nH]c2ccccc2c(=O)c1O.CCCCCCCc1[nH]c2ccccc2c(=O)c1O[Si](C)(C)C(C)(C)C.CCCCCCCc1nc2ccccc2c(NO)c1O.CCCCCCCc1nc2ccccc2c(OCc2ccccc2)c1O.CCCCCCCc1nc2ccccc2c(OCc2ccccc2)c1O[Si](C)(C)C(C)(C)C. The topological polar surface area (TPSA) is 234 Å². The highest BCUT2D eigenvalue weighted by atomic mass is 28.4. The number of nitrogens with zero attached hydrogens (tertiary/aromatic N) is 3. The number of aromatic amines is 2. The fraction of sp³-hybridized carbons (Fsp3) is 0.462. The number of pyridine rings is 5. The van der Waals surface area contributed by atoms with E-state index in [1.54, 1.807) is 12.1 Å². The van der Waals surface area contributed by atoms with E-state index in [2.05, 4.69) is 176 Å². The highest BCUT2D eigenvalue weighted by molar-refractivity contribution is 6.75. The highest BCUT2D eigenvalue weighted by Gasteiger charge is 2.42. The zero-order valence-corrected chi connectivity index (χ0v) is 79.5. The number of hydrogen-bond donors (Lipinski definition) is 7. The zero-order chi connectivity index (χ0) is 89.5. The number of aromatic nitrogens is 5. The van der Waals surface area contributed by atoms with E-state index in [4.69, 9.17) is 23.3 Å². The summed E-state index contributed by atoms with van der Waals surface area (Å²) in [6.45, 7) is 34.5. The zero-order valence-electron chi connectivity index (χ0n) is 77.5. The molecule has 5 aromatic heterocycles. The van der Waals surface area contributed by atoms with Gasteiger partial charge in [0, 0.05) is 38.0 Å². The van der Waals surface area contributed by atoms with Crippen LogP contribution in [0.2, 0.25) is 36.3 Å². The number of unbranched alkanes of at least 4 members (excludes halogenated alkanes) is 20. The number of fused-ring (bicyclic) bond motifs is 5. The van der Waals surface area contributed by atoms with Crippen molar-refractivity contribution in [2.24, 2.45) is 0 Å². The van der Waals surface area contributed by atoms with Crippen LogP contribution in [0.15, 0.2) is 192 Å². The predicted molar refractivity (Wildman–Crippen MR) is 524 cm³/mol. The van der Waals surface area contributed by atoms with Gasteiger partial charge in [-0.05, 0) is 166 Å². The van der Waals surface area contributed by atoms with Gasteiger partial charge in [-0.15, -0.1) is 0 Å². The molecule has 7 N–H and O–H groups in total. The maximum atomic E-state index is 13.2. The Bertz CT molecular complexity index is 5330. The van der Waals surface area contributed by atoms with Crippen LogP contribution < -0.4 is 34.7 Å². The third-order valence-corrected chi connectivity index (χ3v) is 32.8. The molecule has 0 spiro atoms. The van der Waals surface area contributed by atoms with E-state index in [0.29, 0.717) is 47.2 Å². The van der Waals surface area contributed by atoms with Gasteiger partial charge in [0.25, 0.3) is 16.6 Å². The van der Waals surface area contributed by atoms with E-state index in [1.807, 2.05) is 121 Å². The molecule has 0 saturated carbocycles. The van der Waals surface area contributed by atoms with E-state index in [9.17, 15) is 30.1 Å². The number of hydrogen-bond acceptors (Lipinski definition) is 14. The van der Waals surface area contributed by atoms with Crippen LogP contribution in [0.5, 0.6) is 40.2 Å². The molecule has 0 radical (unpaired) electrons. The fourth-order valence-electron chi connectivity index (χ4n) is 14.5. The van der Waals surface area contributed by atoms with Crippen molar-refractivity contribution in [3.63, 3.8) is 0 Å². The molecule has 7 aromatic carbocycles. The van der Waals surface area contributed by atoms with Crippen molar-refractivity contribution in [1.29, 1.82) is 0 Å². The molecule has 0 amide bonds. The Morgan fingerprint density at radius 2 is 0.653 bits per heavy atom. The molecule has 0 atom stereocenters. The van der Waals surface area contributed by atoms with Crippen molar-refractivity contribution in [3.8, 4) is 40.2 Å². The monoisotopic (exact) mass is 1720 g/mol. The van der Waals surface area contributed by atoms with Gasteiger partial charge in [0.2, 0.25) is 10.9 Å². The standard InChI is InChI=1S/C29H41NO2Si.C23H27NO2.C22H35NO2Si.C16H22N2O2.C16H21NO2/c1-7-8-9-10-14-21-26-28(32-33(5,6)29(2,3)4)27(24-19-15-16-20-25(24)30-26)31-22-23-17-12-11-13-18-23;1-2-3-4-5-9-16-21-22(25)23(19-14-10-11-15-20(19)24-21)26-17-18-12-7-6-8-13-18;1-7-8-9-10-11-16-19-21(25-26(5,6)22(2,3)4)20(24)17-14-12-13-15-18(17)23-19;1-2-3-4-5-6-11-14-16(19)15(18-20)12-9-7-8-10-13(12)17-14;1-2-3-4-5-6-11-14-16(19)15(18)12-9-7-8-10-13(12)17-14/h11-13,15-20H,7-10,14,21-22H2,1-6H3;6-8,10-15,25H,2-5,9,16-17H2,1H3;12-15H,7-11,16H2,1-6H3,(H,23,24);7-10,19-20H,2-6,11H2,1H3,(H,17,18);7-10,19H,2-6,11H2,1H3,(H,17,18). The first kappa shape index (κ1) is 99.4. The van der Waals surface area contributed by atoms with Crippen molar-refractivity contribution < 1.29 is 38.9 Å². The van der Waals surface area contributed by atoms with Crippen LogP contribution >= 0.6 is 0 Å². The van der Waals surface area contributed by atoms with Crippen LogP contribution in [0.3, 0.4) is 0 Å². The molecule has 12 rings (SSSR count). The second-order valence-electron chi connectivity index (χ2n) is 36.1. The average molecular weight is 1720 g/mol. The maximum Gasteiger partial charge on any atom is 0.250 e. The second-order valence-corrected chi connectivity index (χ2v) is 45.6. The maximum absolute atomic E-state index is 13.2. The molecular formula is C106H146N6O10Si2. The number of aromatic hydroxyl groups is 3. The molecule has 124 heavy (non-hydrogen) atoms. The van der Waals surface area contributed by atoms with E-state index >= 15 is 0 Å². The summed E-state index contributed by atoms with van der Waals surface area (Å²) in [5, 5.41) is 44.2. The summed E-state index contributed by atoms with van der Waals surface area (Å²) < 4.78 is 26.0. The third kappa shape index (κ3) is 29.6. The normalized spacial score (nSPS) is 11.6. The van der Waals surface area contributed by atoms with Gasteiger partial charge < -0.3 is 43.6 Å². The minimum atomic E-state index is -2.08. The number of nitrogens with one attached hydrogen (secondary N) is 3. The lowest BCUT2D eigenvalue weighted by Gasteiger charge is -2.37. The fourth-order valence-corrected chi connectivity index (χ4v) is 16.6. The van der Waals surface area contributed by atoms with E-state index in [0.717, 1.165) is 166 Å². The first-order chi connectivity index (χ1) is 59.7. The lowest BCUT2D eigenvalue weighted by atomic mass is 10.1. The molecule has 0 unspecified atom stereocenters. The van der Waals surface area contributed by atoms with E-state index in [-0.39, 0.29) is 38.2 Å². The molecule has 0 saturated heterocycles. The van der Waals surface area contributed by atoms with Crippen LogP contribution in [0.1, 0.15) is 276 Å². The Kier molecular flexibility index (Phi) is 40.7. The minimum Gasteiger partial charge on any atom is -0.540 e. The van der Waals surface area contributed by atoms with E-state index in [1.165, 1.54) is 116 Å². The quantitative estimate of drug-likeness (QED) is 0.0107. The molecule has 0 aliphatic carbocycles. The molecule has 0 aliphatic rings. The lowest BCUT2D eigenvalue weighted by molar-refractivity contribution is 0.291. The van der Waals surface area contributed by atoms with Crippen molar-refractivity contribution in [3.05, 3.63) is 242 Å². The Morgan fingerprint density at radius 1 is 0.331 bits per heavy atom. The number of H-pyrrole nitrogens is 2. The third-order valence-electron chi connectivity index (χ3n) is 24.1. The number of para-hydroxylation sites is 5. The largest absolute Gasteiger partial charge is 0.540 e. The van der Waals surface area contributed by atoms with Gasteiger partial charge in [-0.1, -0.05) is 332 Å². The van der Waals surface area contributed by atoms with Crippen molar-refractivity contribution in [1.82, 2.24) is 24.9 Å². The van der Waals surface area contributed by atoms with Crippen LogP contribution in [-0.2, 0) is 45.3 Å². The van der Waals surface area contributed by atoms with E-state index < -0.39 is 16.6 Å². The Balaban J connectivity index is 0.000000195. The molecule has 668 valence electrons. The van der Waals surface area contributed by atoms with Gasteiger partial charge in [0.05, 0.1) is 45.0 Å².